The third-order valence-corrected chi connectivity index (χ3v) is 3.79. The van der Waals surface area contributed by atoms with Gasteiger partial charge in [-0.25, -0.2) is 0 Å². The molecule has 21 heavy (non-hydrogen) atoms. The topological polar surface area (TPSA) is 70.7 Å². The molecule has 0 spiro atoms. The zero-order chi connectivity index (χ0) is 14.7. The molecule has 2 N–H and O–H groups in total. The highest BCUT2D eigenvalue weighted by Gasteiger charge is 2.19. The van der Waals surface area contributed by atoms with Gasteiger partial charge in [-0.3, -0.25) is 14.9 Å². The number of amides is 1. The Hall–Kier alpha value is -2.17. The Labute approximate surface area is 124 Å². The minimum Gasteiger partial charge on any atom is -0.309 e. The number of aromatic amines is 1. The molecule has 1 saturated carbocycles. The molecule has 0 aromatic carbocycles. The molecule has 0 bridgehead atoms. The van der Waals surface area contributed by atoms with E-state index in [0.717, 1.165) is 36.2 Å². The van der Waals surface area contributed by atoms with Crippen LogP contribution >= 0.6 is 0 Å². The first-order valence-corrected chi connectivity index (χ1v) is 7.29. The number of H-pyrrole nitrogens is 1. The fourth-order valence-electron chi connectivity index (χ4n) is 2.60. The van der Waals surface area contributed by atoms with Crippen LogP contribution in [-0.2, 0) is 11.2 Å². The van der Waals surface area contributed by atoms with E-state index in [-0.39, 0.29) is 12.3 Å². The SMILES string of the molecule is Cc1ccc(CC(=O)Nc2cc([C@@H]3C[CH]CC3)[nH]n2)nc1. The van der Waals surface area contributed by atoms with Gasteiger partial charge in [0, 0.05) is 29.6 Å². The maximum atomic E-state index is 12.0. The van der Waals surface area contributed by atoms with Gasteiger partial charge in [0.15, 0.2) is 5.82 Å². The Morgan fingerprint density at radius 2 is 2.38 bits per heavy atom. The zero-order valence-electron chi connectivity index (χ0n) is 12.1. The van der Waals surface area contributed by atoms with Gasteiger partial charge in [-0.2, -0.15) is 5.10 Å². The molecule has 0 unspecified atom stereocenters. The summed E-state index contributed by atoms with van der Waals surface area (Å²) in [6.07, 6.45) is 7.73. The number of aromatic nitrogens is 3. The minimum atomic E-state index is -0.0950. The smallest absolute Gasteiger partial charge is 0.231 e. The van der Waals surface area contributed by atoms with Gasteiger partial charge in [-0.05, 0) is 44.2 Å². The molecule has 2 aromatic heterocycles. The first-order chi connectivity index (χ1) is 10.2. The molecule has 0 saturated heterocycles. The number of carbonyl (C=O) groups excluding carboxylic acids is 1. The summed E-state index contributed by atoms with van der Waals surface area (Å²) >= 11 is 0. The Balaban J connectivity index is 1.58. The summed E-state index contributed by atoms with van der Waals surface area (Å²) in [5.74, 6) is 1.01. The zero-order valence-corrected chi connectivity index (χ0v) is 12.1. The monoisotopic (exact) mass is 283 g/mol. The third-order valence-electron chi connectivity index (χ3n) is 3.79. The molecule has 5 nitrogen and oxygen atoms in total. The van der Waals surface area contributed by atoms with Crippen LogP contribution < -0.4 is 5.32 Å². The van der Waals surface area contributed by atoms with Crippen LogP contribution in [0, 0.1) is 13.3 Å². The number of aryl methyl sites for hydroxylation is 1. The van der Waals surface area contributed by atoms with Gasteiger partial charge in [0.1, 0.15) is 0 Å². The fourth-order valence-corrected chi connectivity index (χ4v) is 2.60. The van der Waals surface area contributed by atoms with Crippen molar-refractivity contribution in [3.8, 4) is 0 Å². The summed E-state index contributed by atoms with van der Waals surface area (Å²) in [7, 11) is 0. The highest BCUT2D eigenvalue weighted by molar-refractivity contribution is 5.91. The summed E-state index contributed by atoms with van der Waals surface area (Å²) in [5.41, 5.74) is 2.95. The molecule has 1 atom stereocenters. The summed E-state index contributed by atoms with van der Waals surface area (Å²) in [6, 6.07) is 5.77. The molecule has 1 aliphatic carbocycles. The summed E-state index contributed by atoms with van der Waals surface area (Å²) < 4.78 is 0. The van der Waals surface area contributed by atoms with E-state index in [1.165, 1.54) is 0 Å². The Kier molecular flexibility index (Phi) is 3.99. The second kappa shape index (κ2) is 6.08. The quantitative estimate of drug-likeness (QED) is 0.906. The third kappa shape index (κ3) is 3.48. The first-order valence-electron chi connectivity index (χ1n) is 7.29. The molecule has 2 heterocycles. The molecule has 1 fully saturated rings. The maximum absolute atomic E-state index is 12.0. The van der Waals surface area contributed by atoms with Gasteiger partial charge < -0.3 is 5.32 Å². The van der Waals surface area contributed by atoms with Gasteiger partial charge in [0.2, 0.25) is 5.91 Å². The van der Waals surface area contributed by atoms with Crippen molar-refractivity contribution in [2.45, 2.75) is 38.5 Å². The van der Waals surface area contributed by atoms with Crippen molar-refractivity contribution in [1.29, 1.82) is 0 Å². The number of pyridine rings is 1. The standard InChI is InChI=1S/C16H19N4O/c1-11-6-7-13(17-10-11)8-16(21)18-15-9-14(19-20-15)12-4-2-3-5-12/h2,6-7,9-10,12H,3-5,8H2,1H3,(H2,18,19,20,21)/t12-/m1/s1. The van der Waals surface area contributed by atoms with Gasteiger partial charge in [-0.1, -0.05) is 6.07 Å². The summed E-state index contributed by atoms with van der Waals surface area (Å²) in [5, 5.41) is 10.0. The van der Waals surface area contributed by atoms with E-state index in [4.69, 9.17) is 0 Å². The van der Waals surface area contributed by atoms with Crippen LogP contribution in [0.2, 0.25) is 0 Å². The molecule has 1 radical (unpaired) electrons. The van der Waals surface area contributed by atoms with Crippen LogP contribution in [-0.4, -0.2) is 21.1 Å². The second-order valence-electron chi connectivity index (χ2n) is 5.56. The van der Waals surface area contributed by atoms with Gasteiger partial charge in [-0.15, -0.1) is 0 Å². The van der Waals surface area contributed by atoms with E-state index >= 15 is 0 Å². The predicted molar refractivity (Wildman–Crippen MR) is 80.8 cm³/mol. The van der Waals surface area contributed by atoms with Crippen LogP contribution in [0.5, 0.6) is 0 Å². The molecule has 109 valence electrons. The van der Waals surface area contributed by atoms with Crippen molar-refractivity contribution in [3.05, 3.63) is 47.8 Å². The van der Waals surface area contributed by atoms with E-state index in [1.807, 2.05) is 25.1 Å². The van der Waals surface area contributed by atoms with E-state index in [2.05, 4.69) is 26.9 Å². The Bertz CT molecular complexity index is 611. The van der Waals surface area contributed by atoms with Gasteiger partial charge in [0.25, 0.3) is 0 Å². The lowest BCUT2D eigenvalue weighted by atomic mass is 10.0. The number of nitrogens with one attached hydrogen (secondary N) is 2. The molecular weight excluding hydrogens is 264 g/mol. The van der Waals surface area contributed by atoms with E-state index in [9.17, 15) is 4.79 Å². The number of nitrogens with zero attached hydrogens (tertiary/aromatic N) is 2. The second-order valence-corrected chi connectivity index (χ2v) is 5.56. The molecule has 3 rings (SSSR count). The molecular formula is C16H19N4O. The van der Waals surface area contributed by atoms with Crippen LogP contribution in [0.15, 0.2) is 24.4 Å². The van der Waals surface area contributed by atoms with Crippen molar-refractivity contribution in [2.75, 3.05) is 5.32 Å². The lowest BCUT2D eigenvalue weighted by Gasteiger charge is -2.03. The molecule has 5 heteroatoms. The van der Waals surface area contributed by atoms with Crippen molar-refractivity contribution in [1.82, 2.24) is 15.2 Å². The fraction of sp³-hybridized carbons (Fsp3) is 0.375. The average molecular weight is 283 g/mol. The van der Waals surface area contributed by atoms with E-state index in [0.29, 0.717) is 11.7 Å². The lowest BCUT2D eigenvalue weighted by molar-refractivity contribution is -0.115. The van der Waals surface area contributed by atoms with Crippen LogP contribution in [0.1, 0.15) is 42.1 Å². The highest BCUT2D eigenvalue weighted by Crippen LogP contribution is 2.32. The predicted octanol–water partition coefficient (Wildman–Crippen LogP) is 2.77. The number of anilines is 1. The molecule has 1 aliphatic rings. The van der Waals surface area contributed by atoms with Crippen molar-refractivity contribution >= 4 is 11.7 Å². The highest BCUT2D eigenvalue weighted by atomic mass is 16.1. The summed E-state index contributed by atoms with van der Waals surface area (Å²) in [6.45, 7) is 1.97. The largest absolute Gasteiger partial charge is 0.309 e. The molecule has 0 aliphatic heterocycles. The van der Waals surface area contributed by atoms with Crippen LogP contribution in [0.4, 0.5) is 5.82 Å². The molecule has 2 aromatic rings. The number of carbonyl (C=O) groups is 1. The van der Waals surface area contributed by atoms with E-state index in [1.54, 1.807) is 6.20 Å². The maximum Gasteiger partial charge on any atom is 0.231 e. The van der Waals surface area contributed by atoms with Crippen LogP contribution in [0.3, 0.4) is 0 Å². The van der Waals surface area contributed by atoms with E-state index < -0.39 is 0 Å². The minimum absolute atomic E-state index is 0.0950. The lowest BCUT2D eigenvalue weighted by Crippen LogP contribution is -2.15. The normalized spacial score (nSPS) is 15.3. The van der Waals surface area contributed by atoms with Gasteiger partial charge >= 0.3 is 0 Å². The Morgan fingerprint density at radius 3 is 3.10 bits per heavy atom. The number of hydrogen-bond acceptors (Lipinski definition) is 3. The number of rotatable bonds is 4. The van der Waals surface area contributed by atoms with Crippen LogP contribution in [0.25, 0.3) is 0 Å². The average Bonchev–Trinajstić information content (AvgIpc) is 3.12. The molecule has 1 amide bonds. The van der Waals surface area contributed by atoms with Crippen molar-refractivity contribution in [3.63, 3.8) is 0 Å². The number of hydrogen-bond donors (Lipinski definition) is 2. The Morgan fingerprint density at radius 1 is 1.48 bits per heavy atom. The first kappa shape index (κ1) is 13.8. The van der Waals surface area contributed by atoms with Gasteiger partial charge in [0.05, 0.1) is 6.42 Å². The van der Waals surface area contributed by atoms with Crippen molar-refractivity contribution in [2.24, 2.45) is 0 Å². The van der Waals surface area contributed by atoms with Crippen molar-refractivity contribution < 1.29 is 4.79 Å². The summed E-state index contributed by atoms with van der Waals surface area (Å²) in [4.78, 5) is 16.2.